The molecular weight excluding hydrogens is 244 g/mol. The number of benzene rings is 1. The number of nitrogens with zero attached hydrogens (tertiary/aromatic N) is 1. The zero-order valence-corrected chi connectivity index (χ0v) is 11.5. The molecule has 3 N–H and O–H groups in total. The standard InChI is InChI=1S/C14H20N2O3/c1-8-4-11(5-12(13(8)15)14(17)18)16-6-9(2)19-10(3)7-16/h4-5,9-10H,6-7,15H2,1-3H3,(H,17,18)/t9-,10+. The second-order valence-corrected chi connectivity index (χ2v) is 5.19. The number of carbonyl (C=O) groups is 1. The lowest BCUT2D eigenvalue weighted by molar-refractivity contribution is -0.00521. The van der Waals surface area contributed by atoms with Crippen LogP contribution in [0, 0.1) is 6.92 Å². The van der Waals surface area contributed by atoms with Crippen LogP contribution in [-0.2, 0) is 4.74 Å². The molecular formula is C14H20N2O3. The van der Waals surface area contributed by atoms with Gasteiger partial charge in [0.05, 0.1) is 17.8 Å². The lowest BCUT2D eigenvalue weighted by Gasteiger charge is -2.37. The third kappa shape index (κ3) is 2.81. The van der Waals surface area contributed by atoms with Crippen molar-refractivity contribution in [3.8, 4) is 0 Å². The summed E-state index contributed by atoms with van der Waals surface area (Å²) in [5.74, 6) is -0.989. The molecule has 0 saturated carbocycles. The van der Waals surface area contributed by atoms with Crippen LogP contribution in [0.5, 0.6) is 0 Å². The van der Waals surface area contributed by atoms with Gasteiger partial charge < -0.3 is 20.5 Å². The number of anilines is 2. The number of rotatable bonds is 2. The Kier molecular flexibility index (Phi) is 3.66. The first-order valence-electron chi connectivity index (χ1n) is 6.42. The van der Waals surface area contributed by atoms with Gasteiger partial charge in [-0.25, -0.2) is 4.79 Å². The number of carboxylic acids is 1. The van der Waals surface area contributed by atoms with Gasteiger partial charge in [0, 0.05) is 24.5 Å². The molecule has 1 aromatic rings. The number of carboxylic acid groups (broad SMARTS) is 1. The molecule has 0 spiro atoms. The van der Waals surface area contributed by atoms with E-state index < -0.39 is 5.97 Å². The third-order valence-electron chi connectivity index (χ3n) is 3.39. The molecule has 1 fully saturated rings. The van der Waals surface area contributed by atoms with Gasteiger partial charge in [-0.15, -0.1) is 0 Å². The van der Waals surface area contributed by atoms with Gasteiger partial charge in [-0.05, 0) is 38.5 Å². The smallest absolute Gasteiger partial charge is 0.337 e. The molecule has 0 aromatic heterocycles. The van der Waals surface area contributed by atoms with Crippen LogP contribution >= 0.6 is 0 Å². The molecule has 0 aliphatic carbocycles. The number of hydrogen-bond donors (Lipinski definition) is 2. The van der Waals surface area contributed by atoms with E-state index in [4.69, 9.17) is 10.5 Å². The monoisotopic (exact) mass is 264 g/mol. The molecule has 0 unspecified atom stereocenters. The molecule has 19 heavy (non-hydrogen) atoms. The summed E-state index contributed by atoms with van der Waals surface area (Å²) in [6, 6.07) is 3.59. The summed E-state index contributed by atoms with van der Waals surface area (Å²) in [7, 11) is 0. The number of aryl methyl sites for hydroxylation is 1. The SMILES string of the molecule is Cc1cc(N2C[C@@H](C)O[C@@H](C)C2)cc(C(=O)O)c1N. The van der Waals surface area contributed by atoms with E-state index in [0.29, 0.717) is 5.69 Å². The highest BCUT2D eigenvalue weighted by Crippen LogP contribution is 2.27. The maximum absolute atomic E-state index is 11.2. The van der Waals surface area contributed by atoms with Crippen LogP contribution in [-0.4, -0.2) is 36.4 Å². The van der Waals surface area contributed by atoms with Gasteiger partial charge >= 0.3 is 5.97 Å². The zero-order chi connectivity index (χ0) is 14.2. The van der Waals surface area contributed by atoms with Crippen LogP contribution in [0.15, 0.2) is 12.1 Å². The summed E-state index contributed by atoms with van der Waals surface area (Å²) < 4.78 is 5.69. The molecule has 2 rings (SSSR count). The Balaban J connectivity index is 2.37. The number of aromatic carboxylic acids is 1. The predicted octanol–water partition coefficient (Wildman–Crippen LogP) is 1.89. The average Bonchev–Trinajstić information content (AvgIpc) is 2.30. The van der Waals surface area contributed by atoms with Crippen molar-refractivity contribution in [2.45, 2.75) is 33.0 Å². The van der Waals surface area contributed by atoms with Crippen LogP contribution in [0.1, 0.15) is 29.8 Å². The second kappa shape index (κ2) is 5.09. The van der Waals surface area contributed by atoms with Crippen LogP contribution in [0.2, 0.25) is 0 Å². The average molecular weight is 264 g/mol. The Morgan fingerprint density at radius 2 is 1.95 bits per heavy atom. The van der Waals surface area contributed by atoms with Crippen molar-refractivity contribution in [1.82, 2.24) is 0 Å². The maximum atomic E-state index is 11.2. The summed E-state index contributed by atoms with van der Waals surface area (Å²) in [6.45, 7) is 7.38. The topological polar surface area (TPSA) is 75.8 Å². The highest BCUT2D eigenvalue weighted by Gasteiger charge is 2.24. The molecule has 1 saturated heterocycles. The fraction of sp³-hybridized carbons (Fsp3) is 0.500. The van der Waals surface area contributed by atoms with Crippen LogP contribution < -0.4 is 10.6 Å². The van der Waals surface area contributed by atoms with Gasteiger partial charge in [-0.1, -0.05) is 0 Å². The maximum Gasteiger partial charge on any atom is 0.337 e. The minimum absolute atomic E-state index is 0.134. The predicted molar refractivity (Wildman–Crippen MR) is 74.8 cm³/mol. The van der Waals surface area contributed by atoms with E-state index in [1.165, 1.54) is 0 Å². The largest absolute Gasteiger partial charge is 0.478 e. The van der Waals surface area contributed by atoms with Gasteiger partial charge in [0.1, 0.15) is 0 Å². The molecule has 2 atom stereocenters. The summed E-state index contributed by atoms with van der Waals surface area (Å²) in [5, 5.41) is 9.19. The van der Waals surface area contributed by atoms with Crippen molar-refractivity contribution in [3.05, 3.63) is 23.3 Å². The van der Waals surface area contributed by atoms with E-state index in [1.807, 2.05) is 26.8 Å². The molecule has 1 aliphatic heterocycles. The normalized spacial score (nSPS) is 23.4. The minimum atomic E-state index is -0.989. The third-order valence-corrected chi connectivity index (χ3v) is 3.39. The molecule has 5 heteroatoms. The first kappa shape index (κ1) is 13.7. The Morgan fingerprint density at radius 3 is 2.47 bits per heavy atom. The van der Waals surface area contributed by atoms with E-state index in [2.05, 4.69) is 4.90 Å². The van der Waals surface area contributed by atoms with Crippen LogP contribution in [0.25, 0.3) is 0 Å². The van der Waals surface area contributed by atoms with E-state index in [1.54, 1.807) is 6.07 Å². The quantitative estimate of drug-likeness (QED) is 0.798. The van der Waals surface area contributed by atoms with E-state index in [0.717, 1.165) is 24.3 Å². The Bertz CT molecular complexity index is 492. The lowest BCUT2D eigenvalue weighted by Crippen LogP contribution is -2.45. The first-order chi connectivity index (χ1) is 8.88. The number of morpholine rings is 1. The number of ether oxygens (including phenoxy) is 1. The fourth-order valence-corrected chi connectivity index (χ4v) is 2.53. The van der Waals surface area contributed by atoms with E-state index >= 15 is 0 Å². The van der Waals surface area contributed by atoms with Crippen molar-refractivity contribution in [1.29, 1.82) is 0 Å². The van der Waals surface area contributed by atoms with E-state index in [-0.39, 0.29) is 17.8 Å². The molecule has 5 nitrogen and oxygen atoms in total. The van der Waals surface area contributed by atoms with Gasteiger partial charge in [0.2, 0.25) is 0 Å². The van der Waals surface area contributed by atoms with E-state index in [9.17, 15) is 9.90 Å². The van der Waals surface area contributed by atoms with Crippen molar-refractivity contribution in [3.63, 3.8) is 0 Å². The summed E-state index contributed by atoms with van der Waals surface area (Å²) in [6.07, 6.45) is 0.268. The van der Waals surface area contributed by atoms with Crippen molar-refractivity contribution in [2.24, 2.45) is 0 Å². The van der Waals surface area contributed by atoms with Crippen molar-refractivity contribution in [2.75, 3.05) is 23.7 Å². The molecule has 0 bridgehead atoms. The molecule has 0 amide bonds. The van der Waals surface area contributed by atoms with Gasteiger partial charge in [-0.2, -0.15) is 0 Å². The fourth-order valence-electron chi connectivity index (χ4n) is 2.53. The summed E-state index contributed by atoms with van der Waals surface area (Å²) in [5.41, 5.74) is 8.01. The highest BCUT2D eigenvalue weighted by atomic mass is 16.5. The lowest BCUT2D eigenvalue weighted by atomic mass is 10.1. The van der Waals surface area contributed by atoms with Gasteiger partial charge in [0.25, 0.3) is 0 Å². The number of nitrogen functional groups attached to an aromatic ring is 1. The number of hydrogen-bond acceptors (Lipinski definition) is 4. The summed E-state index contributed by atoms with van der Waals surface area (Å²) >= 11 is 0. The highest BCUT2D eigenvalue weighted by molar-refractivity contribution is 5.95. The Morgan fingerprint density at radius 1 is 1.37 bits per heavy atom. The van der Waals surface area contributed by atoms with Gasteiger partial charge in [-0.3, -0.25) is 0 Å². The molecule has 0 radical (unpaired) electrons. The number of nitrogens with two attached hydrogens (primary N) is 1. The summed E-state index contributed by atoms with van der Waals surface area (Å²) in [4.78, 5) is 13.4. The zero-order valence-electron chi connectivity index (χ0n) is 11.5. The van der Waals surface area contributed by atoms with Gasteiger partial charge in [0.15, 0.2) is 0 Å². The molecule has 1 heterocycles. The second-order valence-electron chi connectivity index (χ2n) is 5.19. The van der Waals surface area contributed by atoms with Crippen LogP contribution in [0.3, 0.4) is 0 Å². The Labute approximate surface area is 113 Å². The van der Waals surface area contributed by atoms with Crippen molar-refractivity contribution < 1.29 is 14.6 Å². The van der Waals surface area contributed by atoms with Crippen molar-refractivity contribution >= 4 is 17.3 Å². The molecule has 1 aliphatic rings. The van der Waals surface area contributed by atoms with Crippen LogP contribution in [0.4, 0.5) is 11.4 Å². The minimum Gasteiger partial charge on any atom is -0.478 e. The Hall–Kier alpha value is -1.75. The first-order valence-corrected chi connectivity index (χ1v) is 6.42. The molecule has 1 aromatic carbocycles. The molecule has 104 valence electrons.